The van der Waals surface area contributed by atoms with Gasteiger partial charge in [-0.15, -0.1) is 0 Å². The van der Waals surface area contributed by atoms with Gasteiger partial charge in [0.2, 0.25) is 5.70 Å². The molecule has 2 aliphatic carbocycles. The fourth-order valence-corrected chi connectivity index (χ4v) is 1.94. The smallest absolute Gasteiger partial charge is 0.246 e. The molecule has 84 valence electrons. The molecule has 2 rings (SSSR count). The van der Waals surface area contributed by atoms with Crippen molar-refractivity contribution in [2.75, 3.05) is 0 Å². The number of rotatable bonds is 2. The zero-order chi connectivity index (χ0) is 11.5. The fourth-order valence-electron chi connectivity index (χ4n) is 1.94. The Kier molecular flexibility index (Phi) is 2.90. The average molecular weight is 219 g/mol. The van der Waals surface area contributed by atoms with Gasteiger partial charge in [0.1, 0.15) is 0 Å². The average Bonchev–Trinajstić information content (AvgIpc) is 2.30. The first-order valence-corrected chi connectivity index (χ1v) is 5.30. The molecule has 0 spiro atoms. The van der Waals surface area contributed by atoms with Gasteiger partial charge in [-0.3, -0.25) is 10.1 Å². The molecule has 0 saturated carbocycles. The number of nitro groups is 1. The standard InChI is InChI=1S/C12H13NO3/c14-12-7-3-10(4-8-12)9-1-5-11(6-2-9)13(15)16/h1,3,5,7,14H,2,4,6,8H2. The van der Waals surface area contributed by atoms with Gasteiger partial charge in [0, 0.05) is 18.9 Å². The molecule has 4 nitrogen and oxygen atoms in total. The summed E-state index contributed by atoms with van der Waals surface area (Å²) >= 11 is 0. The molecule has 0 aromatic heterocycles. The van der Waals surface area contributed by atoms with E-state index in [1.54, 1.807) is 12.2 Å². The van der Waals surface area contributed by atoms with Gasteiger partial charge in [0.25, 0.3) is 0 Å². The maximum Gasteiger partial charge on any atom is 0.246 e. The molecule has 0 aromatic rings. The summed E-state index contributed by atoms with van der Waals surface area (Å²) in [5.41, 5.74) is 2.60. The van der Waals surface area contributed by atoms with Crippen LogP contribution in [-0.4, -0.2) is 10.0 Å². The molecule has 0 heterocycles. The highest BCUT2D eigenvalue weighted by atomic mass is 16.6. The van der Waals surface area contributed by atoms with E-state index in [4.69, 9.17) is 0 Å². The van der Waals surface area contributed by atoms with E-state index in [9.17, 15) is 15.2 Å². The minimum atomic E-state index is -0.325. The molecule has 0 amide bonds. The van der Waals surface area contributed by atoms with Crippen LogP contribution in [0.3, 0.4) is 0 Å². The van der Waals surface area contributed by atoms with Crippen LogP contribution < -0.4 is 0 Å². The summed E-state index contributed by atoms with van der Waals surface area (Å²) < 4.78 is 0. The largest absolute Gasteiger partial charge is 0.512 e. The summed E-state index contributed by atoms with van der Waals surface area (Å²) in [5, 5.41) is 19.8. The van der Waals surface area contributed by atoms with Crippen LogP contribution in [0.15, 0.2) is 46.9 Å². The van der Waals surface area contributed by atoms with Crippen LogP contribution in [0, 0.1) is 10.1 Å². The van der Waals surface area contributed by atoms with Crippen LogP contribution >= 0.6 is 0 Å². The Bertz CT molecular complexity index is 441. The molecule has 0 radical (unpaired) electrons. The van der Waals surface area contributed by atoms with Crippen molar-refractivity contribution in [3.05, 3.63) is 57.0 Å². The highest BCUT2D eigenvalue weighted by Gasteiger charge is 2.17. The number of nitrogens with zero attached hydrogens (tertiary/aromatic N) is 1. The molecule has 0 unspecified atom stereocenters. The van der Waals surface area contributed by atoms with Gasteiger partial charge in [-0.1, -0.05) is 12.2 Å². The van der Waals surface area contributed by atoms with E-state index in [0.29, 0.717) is 25.0 Å². The lowest BCUT2D eigenvalue weighted by atomic mass is 9.90. The molecule has 0 bridgehead atoms. The summed E-state index contributed by atoms with van der Waals surface area (Å²) in [4.78, 5) is 10.2. The lowest BCUT2D eigenvalue weighted by Gasteiger charge is -2.16. The quantitative estimate of drug-likeness (QED) is 0.573. The minimum Gasteiger partial charge on any atom is -0.512 e. The van der Waals surface area contributed by atoms with E-state index >= 15 is 0 Å². The van der Waals surface area contributed by atoms with Gasteiger partial charge in [-0.2, -0.15) is 0 Å². The van der Waals surface area contributed by atoms with Crippen molar-refractivity contribution in [1.82, 2.24) is 0 Å². The number of aliphatic hydroxyl groups is 1. The third-order valence-corrected chi connectivity index (χ3v) is 2.90. The van der Waals surface area contributed by atoms with E-state index in [1.165, 1.54) is 5.57 Å². The number of hydrogen-bond donors (Lipinski definition) is 1. The Morgan fingerprint density at radius 1 is 1.00 bits per heavy atom. The first kappa shape index (κ1) is 10.7. The Labute approximate surface area is 93.4 Å². The minimum absolute atomic E-state index is 0.276. The second-order valence-electron chi connectivity index (χ2n) is 3.96. The zero-order valence-electron chi connectivity index (χ0n) is 8.85. The maximum absolute atomic E-state index is 10.5. The highest BCUT2D eigenvalue weighted by Crippen LogP contribution is 2.29. The SMILES string of the molecule is O=[N+]([O-])C1=CC=C(C2=CC=C(O)CC2)CC1. The molecule has 2 aliphatic rings. The van der Waals surface area contributed by atoms with E-state index in [-0.39, 0.29) is 10.6 Å². The summed E-state index contributed by atoms with van der Waals surface area (Å²) in [7, 11) is 0. The molecular formula is C12H13NO3. The Morgan fingerprint density at radius 2 is 1.62 bits per heavy atom. The van der Waals surface area contributed by atoms with Gasteiger partial charge in [-0.25, -0.2) is 0 Å². The van der Waals surface area contributed by atoms with Gasteiger partial charge in [0.05, 0.1) is 10.7 Å². The molecule has 0 fully saturated rings. The molecule has 0 aliphatic heterocycles. The summed E-state index contributed by atoms with van der Waals surface area (Å²) in [6.45, 7) is 0. The van der Waals surface area contributed by atoms with Crippen molar-refractivity contribution in [1.29, 1.82) is 0 Å². The molecular weight excluding hydrogens is 206 g/mol. The van der Waals surface area contributed by atoms with Crippen molar-refractivity contribution in [2.45, 2.75) is 25.7 Å². The number of aliphatic hydroxyl groups excluding tert-OH is 1. The Balaban J connectivity index is 2.16. The van der Waals surface area contributed by atoms with Gasteiger partial charge >= 0.3 is 0 Å². The number of hydrogen-bond acceptors (Lipinski definition) is 3. The van der Waals surface area contributed by atoms with Crippen LogP contribution in [0.25, 0.3) is 0 Å². The molecule has 0 aromatic carbocycles. The second kappa shape index (κ2) is 4.35. The highest BCUT2D eigenvalue weighted by molar-refractivity contribution is 5.40. The van der Waals surface area contributed by atoms with Crippen molar-refractivity contribution >= 4 is 0 Å². The molecule has 1 N–H and O–H groups in total. The predicted octanol–water partition coefficient (Wildman–Crippen LogP) is 3.03. The summed E-state index contributed by atoms with van der Waals surface area (Å²) in [5.74, 6) is 0.404. The summed E-state index contributed by atoms with van der Waals surface area (Å²) in [6, 6.07) is 0. The van der Waals surface area contributed by atoms with Crippen molar-refractivity contribution in [3.8, 4) is 0 Å². The van der Waals surface area contributed by atoms with Crippen LogP contribution in [-0.2, 0) is 0 Å². The maximum atomic E-state index is 10.5. The fraction of sp³-hybridized carbons (Fsp3) is 0.333. The third kappa shape index (κ3) is 2.21. The normalized spacial score (nSPS) is 20.5. The molecule has 0 saturated heterocycles. The van der Waals surface area contributed by atoms with Crippen LogP contribution in [0.4, 0.5) is 0 Å². The lowest BCUT2D eigenvalue weighted by Crippen LogP contribution is -2.05. The van der Waals surface area contributed by atoms with Gasteiger partial charge in [-0.05, 0) is 30.1 Å². The van der Waals surface area contributed by atoms with Gasteiger partial charge in [0.15, 0.2) is 0 Å². The lowest BCUT2D eigenvalue weighted by molar-refractivity contribution is -0.428. The summed E-state index contributed by atoms with van der Waals surface area (Å²) in [6.07, 6.45) is 9.69. The van der Waals surface area contributed by atoms with Crippen molar-refractivity contribution in [3.63, 3.8) is 0 Å². The van der Waals surface area contributed by atoms with E-state index in [1.807, 2.05) is 12.2 Å². The third-order valence-electron chi connectivity index (χ3n) is 2.90. The topological polar surface area (TPSA) is 63.4 Å². The molecule has 4 heteroatoms. The van der Waals surface area contributed by atoms with Crippen LogP contribution in [0.5, 0.6) is 0 Å². The molecule has 16 heavy (non-hydrogen) atoms. The zero-order valence-corrected chi connectivity index (χ0v) is 8.85. The van der Waals surface area contributed by atoms with Crippen molar-refractivity contribution in [2.24, 2.45) is 0 Å². The van der Waals surface area contributed by atoms with E-state index < -0.39 is 0 Å². The van der Waals surface area contributed by atoms with Crippen LogP contribution in [0.2, 0.25) is 0 Å². The predicted molar refractivity (Wildman–Crippen MR) is 60.4 cm³/mol. The first-order chi connectivity index (χ1) is 7.66. The first-order valence-electron chi connectivity index (χ1n) is 5.30. The number of allylic oxidation sites excluding steroid dienone is 8. The Hall–Kier alpha value is -1.84. The van der Waals surface area contributed by atoms with E-state index in [0.717, 1.165) is 12.0 Å². The van der Waals surface area contributed by atoms with Gasteiger partial charge < -0.3 is 5.11 Å². The van der Waals surface area contributed by atoms with Crippen molar-refractivity contribution < 1.29 is 10.0 Å². The Morgan fingerprint density at radius 3 is 2.06 bits per heavy atom. The molecule has 0 atom stereocenters. The van der Waals surface area contributed by atoms with Crippen LogP contribution in [0.1, 0.15) is 25.7 Å². The second-order valence-corrected chi connectivity index (χ2v) is 3.96. The van der Waals surface area contributed by atoms with E-state index in [2.05, 4.69) is 0 Å². The monoisotopic (exact) mass is 219 g/mol.